The first-order valence-electron chi connectivity index (χ1n) is 7.20. The predicted molar refractivity (Wildman–Crippen MR) is 81.7 cm³/mol. The van der Waals surface area contributed by atoms with Crippen LogP contribution in [0.25, 0.3) is 0 Å². The number of Topliss-reactive ketones (excluding diaryl/α,β-unsaturated/α-hetero) is 1. The summed E-state index contributed by atoms with van der Waals surface area (Å²) in [5.74, 6) is 0.102. The molecule has 0 spiro atoms. The van der Waals surface area contributed by atoms with E-state index >= 15 is 0 Å². The summed E-state index contributed by atoms with van der Waals surface area (Å²) in [4.78, 5) is 25.9. The van der Waals surface area contributed by atoms with Crippen LogP contribution in [0.4, 0.5) is 5.69 Å². The van der Waals surface area contributed by atoms with Crippen molar-refractivity contribution in [1.82, 2.24) is 0 Å². The minimum atomic E-state index is -0.468. The second-order valence-corrected chi connectivity index (χ2v) is 5.61. The molecule has 0 saturated heterocycles. The summed E-state index contributed by atoms with van der Waals surface area (Å²) in [5, 5.41) is -0.468. The molecule has 1 aromatic rings. The summed E-state index contributed by atoms with van der Waals surface area (Å²) in [6.45, 7) is 4.53. The van der Waals surface area contributed by atoms with Crippen molar-refractivity contribution >= 4 is 29.0 Å². The van der Waals surface area contributed by atoms with Gasteiger partial charge in [0.25, 0.3) is 0 Å². The maximum Gasteiger partial charge on any atom is 0.226 e. The van der Waals surface area contributed by atoms with E-state index < -0.39 is 5.38 Å². The molecule has 1 aliphatic heterocycles. The molecule has 0 bridgehead atoms. The molecule has 1 amide bonds. The lowest BCUT2D eigenvalue weighted by Gasteiger charge is -2.29. The number of alkyl halides is 1. The summed E-state index contributed by atoms with van der Waals surface area (Å²) in [6.07, 6.45) is 2.97. The minimum absolute atomic E-state index is 0.0316. The van der Waals surface area contributed by atoms with Gasteiger partial charge in [0.2, 0.25) is 5.91 Å². The molecular weight excluding hydrogens is 274 g/mol. The van der Waals surface area contributed by atoms with Crippen LogP contribution in [0.3, 0.4) is 0 Å². The van der Waals surface area contributed by atoms with Gasteiger partial charge in [-0.2, -0.15) is 0 Å². The normalized spacial score (nSPS) is 15.7. The molecule has 1 unspecified atom stereocenters. The lowest BCUT2D eigenvalue weighted by molar-refractivity contribution is -0.118. The van der Waals surface area contributed by atoms with Crippen LogP contribution in [0, 0.1) is 0 Å². The van der Waals surface area contributed by atoms with E-state index in [9.17, 15) is 9.59 Å². The van der Waals surface area contributed by atoms with Crippen LogP contribution in [0.1, 0.15) is 49.0 Å². The van der Waals surface area contributed by atoms with E-state index in [4.69, 9.17) is 11.6 Å². The molecular formula is C16H20ClNO2. The monoisotopic (exact) mass is 293 g/mol. The minimum Gasteiger partial charge on any atom is -0.312 e. The van der Waals surface area contributed by atoms with E-state index in [1.807, 2.05) is 30.9 Å². The molecule has 3 nitrogen and oxygen atoms in total. The van der Waals surface area contributed by atoms with Crippen molar-refractivity contribution in [3.05, 3.63) is 29.3 Å². The number of nitrogens with zero attached hydrogens (tertiary/aromatic N) is 1. The zero-order chi connectivity index (χ0) is 14.7. The van der Waals surface area contributed by atoms with E-state index in [1.165, 1.54) is 0 Å². The molecule has 108 valence electrons. The number of rotatable bonds is 4. The number of amides is 1. The second-order valence-electron chi connectivity index (χ2n) is 5.09. The van der Waals surface area contributed by atoms with Crippen molar-refractivity contribution in [2.75, 3.05) is 11.4 Å². The van der Waals surface area contributed by atoms with Gasteiger partial charge in [-0.05, 0) is 43.0 Å². The number of anilines is 1. The maximum atomic E-state index is 12.1. The van der Waals surface area contributed by atoms with Crippen molar-refractivity contribution < 1.29 is 9.59 Å². The number of aryl methyl sites for hydroxylation is 1. The highest BCUT2D eigenvalue weighted by molar-refractivity contribution is 6.33. The quantitative estimate of drug-likeness (QED) is 0.628. The maximum absolute atomic E-state index is 12.1. The Morgan fingerprint density at radius 1 is 1.35 bits per heavy atom. The van der Waals surface area contributed by atoms with E-state index in [0.717, 1.165) is 30.6 Å². The highest BCUT2D eigenvalue weighted by Gasteiger charge is 2.23. The van der Waals surface area contributed by atoms with Crippen LogP contribution in [-0.2, 0) is 11.2 Å². The number of halogens is 1. The lowest BCUT2D eigenvalue weighted by Crippen LogP contribution is -2.35. The van der Waals surface area contributed by atoms with Crippen LogP contribution >= 0.6 is 11.6 Å². The van der Waals surface area contributed by atoms with Crippen molar-refractivity contribution in [3.63, 3.8) is 0 Å². The lowest BCUT2D eigenvalue weighted by atomic mass is 9.96. The Labute approximate surface area is 124 Å². The van der Waals surface area contributed by atoms with Crippen LogP contribution in [0.2, 0.25) is 0 Å². The average Bonchev–Trinajstić information content (AvgIpc) is 2.51. The number of fused-ring (bicyclic) bond motifs is 1. The SMILES string of the molecule is CCC(=O)N1CCCc2cc(C(=O)C(Cl)CC)ccc21. The molecule has 1 heterocycles. The molecule has 1 aromatic carbocycles. The van der Waals surface area contributed by atoms with Gasteiger partial charge in [-0.15, -0.1) is 11.6 Å². The van der Waals surface area contributed by atoms with Gasteiger partial charge >= 0.3 is 0 Å². The average molecular weight is 294 g/mol. The second kappa shape index (κ2) is 6.40. The van der Waals surface area contributed by atoms with E-state index in [2.05, 4.69) is 0 Å². The van der Waals surface area contributed by atoms with Gasteiger partial charge in [-0.25, -0.2) is 0 Å². The Morgan fingerprint density at radius 3 is 2.75 bits per heavy atom. The summed E-state index contributed by atoms with van der Waals surface area (Å²) in [5.41, 5.74) is 2.67. The van der Waals surface area contributed by atoms with Gasteiger partial charge in [-0.3, -0.25) is 9.59 Å². The Kier molecular flexibility index (Phi) is 4.81. The van der Waals surface area contributed by atoms with Gasteiger partial charge in [0.1, 0.15) is 0 Å². The first kappa shape index (κ1) is 15.0. The third-order valence-electron chi connectivity index (χ3n) is 3.73. The molecule has 1 aliphatic rings. The molecule has 1 atom stereocenters. The molecule has 0 aromatic heterocycles. The molecule has 4 heteroatoms. The number of carbonyl (C=O) groups is 2. The first-order chi connectivity index (χ1) is 9.58. The molecule has 20 heavy (non-hydrogen) atoms. The van der Waals surface area contributed by atoms with Gasteiger partial charge < -0.3 is 4.90 Å². The molecule has 0 N–H and O–H groups in total. The molecule has 0 fully saturated rings. The highest BCUT2D eigenvalue weighted by atomic mass is 35.5. The standard InChI is InChI=1S/C16H20ClNO2/c1-3-13(17)16(20)12-7-8-14-11(10-12)6-5-9-18(14)15(19)4-2/h7-8,10,13H,3-6,9H2,1-2H3. The smallest absolute Gasteiger partial charge is 0.226 e. The summed E-state index contributed by atoms with van der Waals surface area (Å²) < 4.78 is 0. The van der Waals surface area contributed by atoms with Crippen LogP contribution < -0.4 is 4.90 Å². The van der Waals surface area contributed by atoms with Gasteiger partial charge in [-0.1, -0.05) is 13.8 Å². The zero-order valence-electron chi connectivity index (χ0n) is 12.0. The molecule has 0 saturated carbocycles. The Hall–Kier alpha value is -1.35. The summed E-state index contributed by atoms with van der Waals surface area (Å²) in [7, 11) is 0. The summed E-state index contributed by atoms with van der Waals surface area (Å²) in [6, 6.07) is 5.57. The molecule has 2 rings (SSSR count). The Balaban J connectivity index is 2.32. The zero-order valence-corrected chi connectivity index (χ0v) is 12.7. The van der Waals surface area contributed by atoms with Crippen molar-refractivity contribution in [3.8, 4) is 0 Å². The van der Waals surface area contributed by atoms with Crippen LogP contribution in [0.5, 0.6) is 0 Å². The fourth-order valence-corrected chi connectivity index (χ4v) is 2.69. The van der Waals surface area contributed by atoms with Gasteiger partial charge in [0.05, 0.1) is 5.38 Å². The number of hydrogen-bond acceptors (Lipinski definition) is 2. The third kappa shape index (κ3) is 2.88. The van der Waals surface area contributed by atoms with Crippen molar-refractivity contribution in [1.29, 1.82) is 0 Å². The number of benzene rings is 1. The van der Waals surface area contributed by atoms with Gasteiger partial charge in [0, 0.05) is 24.2 Å². The first-order valence-corrected chi connectivity index (χ1v) is 7.63. The van der Waals surface area contributed by atoms with Gasteiger partial charge in [0.15, 0.2) is 5.78 Å². The molecule has 0 aliphatic carbocycles. The summed E-state index contributed by atoms with van der Waals surface area (Å²) >= 11 is 6.02. The number of ketones is 1. The van der Waals surface area contributed by atoms with E-state index in [-0.39, 0.29) is 11.7 Å². The van der Waals surface area contributed by atoms with Crippen LogP contribution in [-0.4, -0.2) is 23.6 Å². The van der Waals surface area contributed by atoms with Crippen molar-refractivity contribution in [2.45, 2.75) is 44.9 Å². The predicted octanol–water partition coefficient (Wildman–Crippen LogP) is 3.58. The fraction of sp³-hybridized carbons (Fsp3) is 0.500. The Morgan fingerprint density at radius 2 is 2.10 bits per heavy atom. The third-order valence-corrected chi connectivity index (χ3v) is 4.24. The fourth-order valence-electron chi connectivity index (χ4n) is 2.57. The van der Waals surface area contributed by atoms with Crippen molar-refractivity contribution in [2.24, 2.45) is 0 Å². The number of carbonyl (C=O) groups excluding carboxylic acids is 2. The van der Waals surface area contributed by atoms with Crippen LogP contribution in [0.15, 0.2) is 18.2 Å². The van der Waals surface area contributed by atoms with E-state index in [1.54, 1.807) is 6.07 Å². The van der Waals surface area contributed by atoms with E-state index in [0.29, 0.717) is 18.4 Å². The Bertz CT molecular complexity index is 527. The number of hydrogen-bond donors (Lipinski definition) is 0. The highest BCUT2D eigenvalue weighted by Crippen LogP contribution is 2.29. The largest absolute Gasteiger partial charge is 0.312 e. The molecule has 0 radical (unpaired) electrons. The topological polar surface area (TPSA) is 37.4 Å².